The van der Waals surface area contributed by atoms with Gasteiger partial charge in [0, 0.05) is 43.4 Å². The first-order chi connectivity index (χ1) is 16.8. The minimum Gasteiger partial charge on any atom is -0.450 e. The van der Waals surface area contributed by atoms with Crippen molar-refractivity contribution in [1.29, 1.82) is 0 Å². The third kappa shape index (κ3) is 8.44. The standard InChI is InChI=1S/C26H26F3N3O3/c27-26(28,29)14-7-17-35-25(34)32-18-19-8-1-2-10-21(19)22-11-3-4-12-23(22)24(33)31-16-13-20-9-5-6-15-30-20/h1-6,8-12,15H,7,13-14,16-18H2,(H,31,33)(H,32,34). The van der Waals surface area contributed by atoms with E-state index >= 15 is 0 Å². The van der Waals surface area contributed by atoms with E-state index in [0.717, 1.165) is 16.8 Å². The van der Waals surface area contributed by atoms with E-state index in [1.165, 1.54) is 0 Å². The lowest BCUT2D eigenvalue weighted by Crippen LogP contribution is -2.27. The molecule has 0 unspecified atom stereocenters. The van der Waals surface area contributed by atoms with Gasteiger partial charge in [-0.05, 0) is 41.3 Å². The third-order valence-electron chi connectivity index (χ3n) is 5.13. The summed E-state index contributed by atoms with van der Waals surface area (Å²) in [4.78, 5) is 29.1. The number of pyridine rings is 1. The first-order valence-electron chi connectivity index (χ1n) is 11.2. The number of aromatic nitrogens is 1. The number of ether oxygens (including phenoxy) is 1. The molecule has 1 aromatic heterocycles. The number of amides is 2. The van der Waals surface area contributed by atoms with Crippen molar-refractivity contribution in [3.63, 3.8) is 0 Å². The Balaban J connectivity index is 1.62. The molecule has 3 rings (SSSR count). The van der Waals surface area contributed by atoms with E-state index in [-0.39, 0.29) is 25.5 Å². The molecule has 9 heteroatoms. The molecule has 0 spiro atoms. The second-order valence-electron chi connectivity index (χ2n) is 7.74. The molecule has 0 fully saturated rings. The summed E-state index contributed by atoms with van der Waals surface area (Å²) in [5, 5.41) is 5.48. The Bertz CT molecular complexity index is 1120. The molecule has 0 bridgehead atoms. The topological polar surface area (TPSA) is 80.3 Å². The molecule has 1 heterocycles. The molecule has 2 aromatic carbocycles. The number of halogens is 3. The van der Waals surface area contributed by atoms with E-state index in [2.05, 4.69) is 15.6 Å². The van der Waals surface area contributed by atoms with E-state index in [9.17, 15) is 22.8 Å². The van der Waals surface area contributed by atoms with Crippen LogP contribution in [0.5, 0.6) is 0 Å². The highest BCUT2D eigenvalue weighted by atomic mass is 19.4. The van der Waals surface area contributed by atoms with E-state index in [0.29, 0.717) is 24.1 Å². The maximum Gasteiger partial charge on any atom is 0.407 e. The van der Waals surface area contributed by atoms with Gasteiger partial charge in [-0.25, -0.2) is 4.79 Å². The van der Waals surface area contributed by atoms with Crippen LogP contribution in [0.2, 0.25) is 0 Å². The molecule has 2 N–H and O–H groups in total. The molecule has 2 amide bonds. The molecule has 0 atom stereocenters. The molecule has 0 aliphatic carbocycles. The minimum atomic E-state index is -4.28. The molecular formula is C26H26F3N3O3. The lowest BCUT2D eigenvalue weighted by Gasteiger charge is -2.15. The van der Waals surface area contributed by atoms with Crippen LogP contribution in [-0.2, 0) is 17.7 Å². The van der Waals surface area contributed by atoms with Crippen molar-refractivity contribution in [1.82, 2.24) is 15.6 Å². The van der Waals surface area contributed by atoms with Crippen molar-refractivity contribution in [2.75, 3.05) is 13.2 Å². The molecule has 3 aromatic rings. The Morgan fingerprint density at radius 3 is 2.34 bits per heavy atom. The number of nitrogens with one attached hydrogen (secondary N) is 2. The quantitative estimate of drug-likeness (QED) is 0.383. The summed E-state index contributed by atoms with van der Waals surface area (Å²) in [6.45, 7) is 0.186. The van der Waals surface area contributed by atoms with Gasteiger partial charge in [0.25, 0.3) is 5.91 Å². The van der Waals surface area contributed by atoms with Crippen molar-refractivity contribution in [2.45, 2.75) is 32.0 Å². The van der Waals surface area contributed by atoms with E-state index < -0.39 is 18.7 Å². The Hall–Kier alpha value is -3.88. The highest BCUT2D eigenvalue weighted by Crippen LogP contribution is 2.27. The fraction of sp³-hybridized carbons (Fsp3) is 0.269. The van der Waals surface area contributed by atoms with Gasteiger partial charge >= 0.3 is 12.3 Å². The highest BCUT2D eigenvalue weighted by molar-refractivity contribution is 6.01. The lowest BCUT2D eigenvalue weighted by molar-refractivity contribution is -0.137. The Labute approximate surface area is 201 Å². The highest BCUT2D eigenvalue weighted by Gasteiger charge is 2.26. The molecule has 0 aliphatic heterocycles. The fourth-order valence-corrected chi connectivity index (χ4v) is 3.45. The minimum absolute atomic E-state index is 0.0872. The van der Waals surface area contributed by atoms with E-state index in [1.807, 2.05) is 42.5 Å². The van der Waals surface area contributed by atoms with Crippen LogP contribution in [0, 0.1) is 0 Å². The second-order valence-corrected chi connectivity index (χ2v) is 7.74. The smallest absolute Gasteiger partial charge is 0.407 e. The molecule has 35 heavy (non-hydrogen) atoms. The number of rotatable bonds is 10. The number of nitrogens with zero attached hydrogens (tertiary/aromatic N) is 1. The van der Waals surface area contributed by atoms with Gasteiger partial charge in [0.1, 0.15) is 0 Å². The van der Waals surface area contributed by atoms with Crippen LogP contribution in [0.4, 0.5) is 18.0 Å². The van der Waals surface area contributed by atoms with Crippen molar-refractivity contribution in [3.8, 4) is 11.1 Å². The summed E-state index contributed by atoms with van der Waals surface area (Å²) in [5.41, 5.74) is 3.53. The molecule has 0 aliphatic rings. The summed E-state index contributed by atoms with van der Waals surface area (Å²) in [5.74, 6) is -0.233. The van der Waals surface area contributed by atoms with Crippen molar-refractivity contribution in [3.05, 3.63) is 89.7 Å². The largest absolute Gasteiger partial charge is 0.450 e. The Morgan fingerprint density at radius 1 is 0.886 bits per heavy atom. The van der Waals surface area contributed by atoms with Gasteiger partial charge in [-0.15, -0.1) is 0 Å². The zero-order valence-electron chi connectivity index (χ0n) is 19.0. The van der Waals surface area contributed by atoms with Crippen molar-refractivity contribution >= 4 is 12.0 Å². The lowest BCUT2D eigenvalue weighted by atomic mass is 9.95. The number of carbonyl (C=O) groups is 2. The molecule has 6 nitrogen and oxygen atoms in total. The summed E-state index contributed by atoms with van der Waals surface area (Å²) in [7, 11) is 0. The molecular weight excluding hydrogens is 459 g/mol. The first kappa shape index (κ1) is 25.7. The Kier molecular flexibility index (Phi) is 9.23. The second kappa shape index (κ2) is 12.5. The van der Waals surface area contributed by atoms with Crippen LogP contribution in [-0.4, -0.2) is 36.3 Å². The van der Waals surface area contributed by atoms with Gasteiger partial charge in [0.05, 0.1) is 6.61 Å². The molecule has 184 valence electrons. The van der Waals surface area contributed by atoms with Crippen LogP contribution >= 0.6 is 0 Å². The van der Waals surface area contributed by atoms with Crippen LogP contribution in [0.1, 0.15) is 34.5 Å². The van der Waals surface area contributed by atoms with Crippen LogP contribution in [0.25, 0.3) is 11.1 Å². The SMILES string of the molecule is O=C(NCc1ccccc1-c1ccccc1C(=O)NCCc1ccccn1)OCCCC(F)(F)F. The molecule has 0 radical (unpaired) electrons. The van der Waals surface area contributed by atoms with Gasteiger partial charge < -0.3 is 15.4 Å². The maximum absolute atomic E-state index is 12.9. The normalized spacial score (nSPS) is 11.1. The molecule has 0 saturated carbocycles. The monoisotopic (exact) mass is 485 g/mol. The predicted molar refractivity (Wildman–Crippen MR) is 126 cm³/mol. The van der Waals surface area contributed by atoms with Gasteiger partial charge in [-0.3, -0.25) is 9.78 Å². The third-order valence-corrected chi connectivity index (χ3v) is 5.13. The predicted octanol–water partition coefficient (Wildman–Crippen LogP) is 5.29. The van der Waals surface area contributed by atoms with Gasteiger partial charge in [-0.2, -0.15) is 13.2 Å². The van der Waals surface area contributed by atoms with Crippen LogP contribution in [0.3, 0.4) is 0 Å². The van der Waals surface area contributed by atoms with Gasteiger partial charge in [0.15, 0.2) is 0 Å². The molecule has 0 saturated heterocycles. The zero-order chi connectivity index (χ0) is 25.1. The van der Waals surface area contributed by atoms with Crippen LogP contribution in [0.15, 0.2) is 72.9 Å². The first-order valence-corrected chi connectivity index (χ1v) is 11.2. The Morgan fingerprint density at radius 2 is 1.60 bits per heavy atom. The zero-order valence-corrected chi connectivity index (χ0v) is 19.0. The average Bonchev–Trinajstić information content (AvgIpc) is 2.85. The number of hydrogen-bond donors (Lipinski definition) is 2. The number of alkyl halides is 3. The summed E-state index contributed by atoms with van der Waals surface area (Å²) < 4.78 is 41.4. The van der Waals surface area contributed by atoms with E-state index in [4.69, 9.17) is 4.74 Å². The number of benzene rings is 2. The summed E-state index contributed by atoms with van der Waals surface area (Å²) in [6.07, 6.45) is -4.09. The van der Waals surface area contributed by atoms with Gasteiger partial charge in [0.2, 0.25) is 0 Å². The number of hydrogen-bond acceptors (Lipinski definition) is 4. The summed E-state index contributed by atoms with van der Waals surface area (Å²) in [6, 6.07) is 20.0. The van der Waals surface area contributed by atoms with Crippen molar-refractivity contribution in [2.24, 2.45) is 0 Å². The number of carbonyl (C=O) groups excluding carboxylic acids is 2. The maximum atomic E-state index is 12.9. The summed E-state index contributed by atoms with van der Waals surface area (Å²) >= 11 is 0. The van der Waals surface area contributed by atoms with Crippen LogP contribution < -0.4 is 10.6 Å². The fourth-order valence-electron chi connectivity index (χ4n) is 3.45. The van der Waals surface area contributed by atoms with Gasteiger partial charge in [-0.1, -0.05) is 48.5 Å². The number of alkyl carbamates (subject to hydrolysis) is 1. The average molecular weight is 486 g/mol. The van der Waals surface area contributed by atoms with Crippen molar-refractivity contribution < 1.29 is 27.5 Å². The van der Waals surface area contributed by atoms with E-state index in [1.54, 1.807) is 30.5 Å².